The first-order valence-corrected chi connectivity index (χ1v) is 12.2. The molecule has 1 aromatic carbocycles. The van der Waals surface area contributed by atoms with E-state index < -0.39 is 23.8 Å². The summed E-state index contributed by atoms with van der Waals surface area (Å²) in [6.45, 7) is 0.142. The second kappa shape index (κ2) is 9.27. The normalized spacial score (nSPS) is 23.7. The average Bonchev–Trinajstić information content (AvgIpc) is 3.52. The van der Waals surface area contributed by atoms with Gasteiger partial charge in [0.05, 0.1) is 11.9 Å². The molecular formula is C27H26FN5O4. The molecule has 2 aromatic heterocycles. The van der Waals surface area contributed by atoms with Crippen molar-refractivity contribution in [1.82, 2.24) is 20.1 Å². The maximum atomic E-state index is 13.4. The van der Waals surface area contributed by atoms with Gasteiger partial charge in [-0.05, 0) is 55.2 Å². The maximum absolute atomic E-state index is 13.4. The lowest BCUT2D eigenvalue weighted by Gasteiger charge is -2.30. The van der Waals surface area contributed by atoms with E-state index in [4.69, 9.17) is 9.47 Å². The lowest BCUT2D eigenvalue weighted by atomic mass is 9.81. The predicted octanol–water partition coefficient (Wildman–Crippen LogP) is 2.14. The number of likely N-dealkylation sites (N-methyl/N-ethyl adjacent to an activating group) is 1. The molecule has 2 unspecified atom stereocenters. The Labute approximate surface area is 213 Å². The Morgan fingerprint density at radius 3 is 2.95 bits per heavy atom. The Morgan fingerprint density at radius 1 is 1.30 bits per heavy atom. The Hall–Kier alpha value is -3.78. The second-order valence-corrected chi connectivity index (χ2v) is 9.65. The van der Waals surface area contributed by atoms with E-state index in [0.29, 0.717) is 42.0 Å². The first-order valence-electron chi connectivity index (χ1n) is 12.2. The number of halogens is 1. The van der Waals surface area contributed by atoms with Gasteiger partial charge >= 0.3 is 0 Å². The van der Waals surface area contributed by atoms with Crippen LogP contribution in [0.3, 0.4) is 0 Å². The zero-order chi connectivity index (χ0) is 25.6. The van der Waals surface area contributed by atoms with Gasteiger partial charge < -0.3 is 19.5 Å². The number of aliphatic hydroxyl groups is 1. The number of nitrogens with zero attached hydrogens (tertiary/aromatic N) is 4. The molecule has 3 aliphatic rings. The minimum Gasteiger partial charge on any atom is -0.489 e. The van der Waals surface area contributed by atoms with E-state index in [9.17, 15) is 14.3 Å². The Kier molecular flexibility index (Phi) is 5.91. The fraction of sp³-hybridized carbons (Fsp3) is 0.370. The van der Waals surface area contributed by atoms with Crippen LogP contribution in [0.1, 0.15) is 42.3 Å². The zero-order valence-corrected chi connectivity index (χ0v) is 20.2. The SMILES string of the molecule is CN1C(=O)[C@@H](NC2OC2n2cc(Cc3cccc(F)n3)cn2)COc2ccc(C#CC3(O)CCC3)cc21. The van der Waals surface area contributed by atoms with Crippen molar-refractivity contribution in [3.05, 3.63) is 71.6 Å². The van der Waals surface area contributed by atoms with Gasteiger partial charge in [-0.3, -0.25) is 10.1 Å². The van der Waals surface area contributed by atoms with E-state index in [0.717, 1.165) is 12.0 Å². The number of benzene rings is 1. The molecule has 10 heteroatoms. The van der Waals surface area contributed by atoms with E-state index in [1.54, 1.807) is 47.1 Å². The van der Waals surface area contributed by atoms with Crippen molar-refractivity contribution >= 4 is 11.6 Å². The highest BCUT2D eigenvalue weighted by Gasteiger charge is 2.45. The molecule has 0 spiro atoms. The Morgan fingerprint density at radius 2 is 2.16 bits per heavy atom. The third-order valence-electron chi connectivity index (χ3n) is 6.88. The first-order chi connectivity index (χ1) is 17.9. The number of nitrogens with one attached hydrogen (secondary N) is 1. The van der Waals surface area contributed by atoms with Crippen LogP contribution in [-0.4, -0.2) is 57.3 Å². The molecule has 190 valence electrons. The molecule has 0 radical (unpaired) electrons. The molecule has 37 heavy (non-hydrogen) atoms. The summed E-state index contributed by atoms with van der Waals surface area (Å²) in [5.41, 5.74) is 1.93. The van der Waals surface area contributed by atoms with Crippen molar-refractivity contribution in [2.45, 2.75) is 49.8 Å². The minimum atomic E-state index is -0.896. The zero-order valence-electron chi connectivity index (χ0n) is 20.2. The number of pyridine rings is 1. The highest BCUT2D eigenvalue weighted by molar-refractivity contribution is 5.99. The molecular weight excluding hydrogens is 477 g/mol. The van der Waals surface area contributed by atoms with Crippen LogP contribution in [0.15, 0.2) is 48.8 Å². The Bertz CT molecular complexity index is 1410. The van der Waals surface area contributed by atoms with Gasteiger partial charge in [-0.15, -0.1) is 0 Å². The van der Waals surface area contributed by atoms with E-state index in [1.807, 2.05) is 12.3 Å². The standard InChI is InChI=1S/C27H26FN5O4/c1-32-21-13-17(8-11-27(35)9-3-10-27)6-7-22(21)36-16-20(25(32)34)31-24-26(37-24)33-15-18(14-29-33)12-19-4-2-5-23(28)30-19/h2,4-7,13-15,20,24,26,31,35H,3,9-10,12,16H2,1H3/t20-,24?,26?/m0/s1. The summed E-state index contributed by atoms with van der Waals surface area (Å²) in [4.78, 5) is 18.7. The number of carbonyl (C=O) groups excluding carboxylic acids is 1. The number of anilines is 1. The van der Waals surface area contributed by atoms with Crippen LogP contribution in [-0.2, 0) is 16.0 Å². The van der Waals surface area contributed by atoms with Gasteiger partial charge in [-0.1, -0.05) is 17.9 Å². The Balaban J connectivity index is 1.09. The highest BCUT2D eigenvalue weighted by atomic mass is 19.1. The van der Waals surface area contributed by atoms with Gasteiger partial charge in [0.2, 0.25) is 11.9 Å². The molecule has 1 aliphatic carbocycles. The topological polar surface area (TPSA) is 105 Å². The molecule has 1 saturated carbocycles. The number of aromatic nitrogens is 3. The number of amides is 1. The number of rotatable bonds is 5. The number of fused-ring (bicyclic) bond motifs is 1. The van der Waals surface area contributed by atoms with Gasteiger partial charge in [0.25, 0.3) is 0 Å². The summed E-state index contributed by atoms with van der Waals surface area (Å²) in [7, 11) is 1.70. The summed E-state index contributed by atoms with van der Waals surface area (Å²) < 4.78 is 26.7. The predicted molar refractivity (Wildman–Crippen MR) is 131 cm³/mol. The van der Waals surface area contributed by atoms with Gasteiger partial charge in [-0.25, -0.2) is 9.67 Å². The first kappa shape index (κ1) is 23.6. The van der Waals surface area contributed by atoms with E-state index in [1.165, 1.54) is 6.07 Å². The molecule has 2 aliphatic heterocycles. The smallest absolute Gasteiger partial charge is 0.247 e. The quantitative estimate of drug-likeness (QED) is 0.312. The third kappa shape index (κ3) is 4.93. The van der Waals surface area contributed by atoms with Crippen molar-refractivity contribution in [3.63, 3.8) is 0 Å². The fourth-order valence-corrected chi connectivity index (χ4v) is 4.51. The number of epoxide rings is 1. The van der Waals surface area contributed by atoms with Crippen LogP contribution >= 0.6 is 0 Å². The van der Waals surface area contributed by atoms with Crippen molar-refractivity contribution < 1.29 is 23.8 Å². The molecule has 4 heterocycles. The van der Waals surface area contributed by atoms with Crippen LogP contribution in [0.2, 0.25) is 0 Å². The number of hydrogen-bond donors (Lipinski definition) is 2. The summed E-state index contributed by atoms with van der Waals surface area (Å²) in [6, 6.07) is 9.51. The number of carbonyl (C=O) groups is 1. The lowest BCUT2D eigenvalue weighted by Crippen LogP contribution is -2.48. The maximum Gasteiger partial charge on any atom is 0.247 e. The lowest BCUT2D eigenvalue weighted by molar-refractivity contribution is -0.120. The molecule has 9 nitrogen and oxygen atoms in total. The summed E-state index contributed by atoms with van der Waals surface area (Å²) >= 11 is 0. The highest BCUT2D eigenvalue weighted by Crippen LogP contribution is 2.35. The molecule has 6 rings (SSSR count). The second-order valence-electron chi connectivity index (χ2n) is 9.65. The molecule has 2 N–H and O–H groups in total. The number of ether oxygens (including phenoxy) is 2. The minimum absolute atomic E-state index is 0.142. The molecule has 2 fully saturated rings. The van der Waals surface area contributed by atoms with Crippen LogP contribution in [0.25, 0.3) is 0 Å². The fourth-order valence-electron chi connectivity index (χ4n) is 4.51. The van der Waals surface area contributed by atoms with Gasteiger partial charge in [0, 0.05) is 30.9 Å². The summed E-state index contributed by atoms with van der Waals surface area (Å²) in [5.74, 6) is 5.89. The largest absolute Gasteiger partial charge is 0.489 e. The van der Waals surface area contributed by atoms with Crippen molar-refractivity contribution in [3.8, 4) is 17.6 Å². The molecule has 0 bridgehead atoms. The molecule has 1 saturated heterocycles. The van der Waals surface area contributed by atoms with Crippen molar-refractivity contribution in [2.75, 3.05) is 18.6 Å². The van der Waals surface area contributed by atoms with Crippen LogP contribution < -0.4 is 15.0 Å². The van der Waals surface area contributed by atoms with Gasteiger partial charge in [0.1, 0.15) is 24.0 Å². The summed E-state index contributed by atoms with van der Waals surface area (Å²) in [6.07, 6.45) is 5.56. The number of hydrogen-bond acceptors (Lipinski definition) is 7. The van der Waals surface area contributed by atoms with E-state index >= 15 is 0 Å². The molecule has 3 atom stereocenters. The van der Waals surface area contributed by atoms with Gasteiger partial charge in [0.15, 0.2) is 12.5 Å². The van der Waals surface area contributed by atoms with E-state index in [-0.39, 0.29) is 18.7 Å². The van der Waals surface area contributed by atoms with Crippen LogP contribution in [0.4, 0.5) is 10.1 Å². The van der Waals surface area contributed by atoms with Gasteiger partial charge in [-0.2, -0.15) is 9.49 Å². The average molecular weight is 504 g/mol. The molecule has 1 amide bonds. The van der Waals surface area contributed by atoms with E-state index in [2.05, 4.69) is 27.2 Å². The van der Waals surface area contributed by atoms with Crippen molar-refractivity contribution in [1.29, 1.82) is 0 Å². The summed E-state index contributed by atoms with van der Waals surface area (Å²) in [5, 5.41) is 17.8. The van der Waals surface area contributed by atoms with Crippen LogP contribution in [0.5, 0.6) is 5.75 Å². The third-order valence-corrected chi connectivity index (χ3v) is 6.88. The van der Waals surface area contributed by atoms with Crippen LogP contribution in [0, 0.1) is 17.8 Å². The monoisotopic (exact) mass is 503 g/mol. The van der Waals surface area contributed by atoms with Crippen molar-refractivity contribution in [2.24, 2.45) is 0 Å². The molecule has 3 aromatic rings.